The van der Waals surface area contributed by atoms with Gasteiger partial charge < -0.3 is 9.47 Å². The Balaban J connectivity index is 3.57. The largest absolute Gasteiger partial charge is 0.380 e. The summed E-state index contributed by atoms with van der Waals surface area (Å²) in [5.41, 5.74) is 0. The summed E-state index contributed by atoms with van der Waals surface area (Å²) < 4.78 is 11.3. The molecule has 0 amide bonds. The van der Waals surface area contributed by atoms with Crippen LogP contribution in [0.3, 0.4) is 0 Å². The number of nitrogens with zero attached hydrogens (tertiary/aromatic N) is 1. The standard InChI is InChI=1S/C16H34NO2/c1-4-7-10-17(11-15-18-13-8-5-2)12-16-19-14-9-6-3/h1,4-16H2,2-3H3. The summed E-state index contributed by atoms with van der Waals surface area (Å²) in [5.74, 6) is 0. The van der Waals surface area contributed by atoms with Crippen molar-refractivity contribution in [1.82, 2.24) is 4.90 Å². The van der Waals surface area contributed by atoms with Gasteiger partial charge in [-0.25, -0.2) is 0 Å². The average molecular weight is 272 g/mol. The molecule has 0 saturated carbocycles. The van der Waals surface area contributed by atoms with Gasteiger partial charge in [-0.05, 0) is 25.8 Å². The van der Waals surface area contributed by atoms with Gasteiger partial charge in [0.05, 0.1) is 13.2 Å². The molecular weight excluding hydrogens is 238 g/mol. The molecule has 0 aliphatic heterocycles. The van der Waals surface area contributed by atoms with E-state index in [4.69, 9.17) is 9.47 Å². The minimum absolute atomic E-state index is 0.839. The van der Waals surface area contributed by atoms with Gasteiger partial charge in [-0.3, -0.25) is 4.90 Å². The Morgan fingerprint density at radius 1 is 0.737 bits per heavy atom. The minimum atomic E-state index is 0.839. The lowest BCUT2D eigenvalue weighted by Gasteiger charge is -2.22. The molecule has 3 nitrogen and oxygen atoms in total. The Bertz CT molecular complexity index is 151. The van der Waals surface area contributed by atoms with Crippen LogP contribution in [0.1, 0.15) is 52.4 Å². The lowest BCUT2D eigenvalue weighted by Crippen LogP contribution is -2.32. The van der Waals surface area contributed by atoms with Crippen molar-refractivity contribution >= 4 is 0 Å². The highest BCUT2D eigenvalue weighted by molar-refractivity contribution is 4.58. The molecule has 0 aromatic rings. The maximum Gasteiger partial charge on any atom is 0.0593 e. The Labute approximate surface area is 120 Å². The number of hydrogen-bond donors (Lipinski definition) is 0. The van der Waals surface area contributed by atoms with Crippen LogP contribution in [0.25, 0.3) is 0 Å². The van der Waals surface area contributed by atoms with Crippen LogP contribution in [0, 0.1) is 6.92 Å². The van der Waals surface area contributed by atoms with E-state index in [0.29, 0.717) is 0 Å². The second-order valence-corrected chi connectivity index (χ2v) is 4.98. The van der Waals surface area contributed by atoms with Crippen molar-refractivity contribution in [2.75, 3.05) is 46.1 Å². The SMILES string of the molecule is [CH2]CCCN(CCOCCCC)CCOCCCC. The van der Waals surface area contributed by atoms with Crippen LogP contribution >= 0.6 is 0 Å². The van der Waals surface area contributed by atoms with E-state index in [1.54, 1.807) is 0 Å². The highest BCUT2D eigenvalue weighted by Gasteiger charge is 2.04. The third-order valence-corrected chi connectivity index (χ3v) is 3.11. The molecule has 0 spiro atoms. The van der Waals surface area contributed by atoms with Gasteiger partial charge in [0.25, 0.3) is 0 Å². The van der Waals surface area contributed by atoms with Crippen molar-refractivity contribution in [2.24, 2.45) is 0 Å². The number of hydrogen-bond acceptors (Lipinski definition) is 3. The van der Waals surface area contributed by atoms with Crippen molar-refractivity contribution in [3.63, 3.8) is 0 Å². The fourth-order valence-electron chi connectivity index (χ4n) is 1.76. The molecule has 0 bridgehead atoms. The first kappa shape index (κ1) is 18.9. The van der Waals surface area contributed by atoms with Gasteiger partial charge in [0, 0.05) is 26.3 Å². The summed E-state index contributed by atoms with van der Waals surface area (Å²) in [7, 11) is 0. The van der Waals surface area contributed by atoms with Crippen LogP contribution in [-0.4, -0.2) is 51.0 Å². The smallest absolute Gasteiger partial charge is 0.0593 e. The lowest BCUT2D eigenvalue weighted by molar-refractivity contribution is 0.0724. The third-order valence-electron chi connectivity index (χ3n) is 3.11. The van der Waals surface area contributed by atoms with Crippen molar-refractivity contribution in [1.29, 1.82) is 0 Å². The molecule has 0 saturated heterocycles. The topological polar surface area (TPSA) is 21.7 Å². The Morgan fingerprint density at radius 2 is 1.26 bits per heavy atom. The van der Waals surface area contributed by atoms with E-state index >= 15 is 0 Å². The summed E-state index contributed by atoms with van der Waals surface area (Å²) in [6.45, 7) is 14.9. The highest BCUT2D eigenvalue weighted by atomic mass is 16.5. The molecule has 0 heterocycles. The van der Waals surface area contributed by atoms with Crippen LogP contribution in [0.15, 0.2) is 0 Å². The molecule has 0 N–H and O–H groups in total. The first-order chi connectivity index (χ1) is 9.35. The van der Waals surface area contributed by atoms with E-state index < -0.39 is 0 Å². The van der Waals surface area contributed by atoms with Crippen molar-refractivity contribution < 1.29 is 9.47 Å². The average Bonchev–Trinajstić information content (AvgIpc) is 2.43. The molecule has 0 aliphatic rings. The van der Waals surface area contributed by atoms with Gasteiger partial charge in [0.2, 0.25) is 0 Å². The Morgan fingerprint density at radius 3 is 1.68 bits per heavy atom. The molecule has 0 fully saturated rings. The molecule has 19 heavy (non-hydrogen) atoms. The molecule has 0 unspecified atom stereocenters. The zero-order chi connectivity index (χ0) is 14.2. The van der Waals surface area contributed by atoms with E-state index in [2.05, 4.69) is 25.7 Å². The van der Waals surface area contributed by atoms with Crippen molar-refractivity contribution in [3.05, 3.63) is 6.92 Å². The molecule has 115 valence electrons. The van der Waals surface area contributed by atoms with Gasteiger partial charge in [0.1, 0.15) is 0 Å². The van der Waals surface area contributed by atoms with Gasteiger partial charge in [0.15, 0.2) is 0 Å². The van der Waals surface area contributed by atoms with Crippen LogP contribution in [-0.2, 0) is 9.47 Å². The monoisotopic (exact) mass is 272 g/mol. The normalized spacial score (nSPS) is 11.4. The van der Waals surface area contributed by atoms with E-state index in [1.165, 1.54) is 25.7 Å². The summed E-state index contributed by atoms with van der Waals surface area (Å²) >= 11 is 0. The Hall–Kier alpha value is -0.120. The second kappa shape index (κ2) is 15.9. The van der Waals surface area contributed by atoms with E-state index in [9.17, 15) is 0 Å². The fraction of sp³-hybridized carbons (Fsp3) is 0.938. The van der Waals surface area contributed by atoms with E-state index in [-0.39, 0.29) is 0 Å². The van der Waals surface area contributed by atoms with E-state index in [1.807, 2.05) is 0 Å². The maximum atomic E-state index is 5.63. The molecule has 0 atom stereocenters. The molecular formula is C16H34NO2. The molecule has 0 rings (SSSR count). The molecule has 0 aliphatic carbocycles. The van der Waals surface area contributed by atoms with Gasteiger partial charge in [-0.1, -0.05) is 40.0 Å². The molecule has 0 aromatic heterocycles. The van der Waals surface area contributed by atoms with Crippen molar-refractivity contribution in [2.45, 2.75) is 52.4 Å². The van der Waals surface area contributed by atoms with Crippen molar-refractivity contribution in [3.8, 4) is 0 Å². The summed E-state index contributed by atoms with van der Waals surface area (Å²) in [6.07, 6.45) is 6.90. The van der Waals surface area contributed by atoms with Gasteiger partial charge in [-0.2, -0.15) is 0 Å². The molecule has 3 heteroatoms. The molecule has 0 aromatic carbocycles. The van der Waals surface area contributed by atoms with Gasteiger partial charge in [-0.15, -0.1) is 0 Å². The number of rotatable bonds is 15. The quantitative estimate of drug-likeness (QED) is 0.426. The summed E-state index contributed by atoms with van der Waals surface area (Å²) in [4.78, 5) is 2.43. The zero-order valence-electron chi connectivity index (χ0n) is 13.2. The molecule has 1 radical (unpaired) electrons. The predicted molar refractivity (Wildman–Crippen MR) is 82.5 cm³/mol. The first-order valence-corrected chi connectivity index (χ1v) is 8.02. The van der Waals surface area contributed by atoms with Crippen LogP contribution in [0.2, 0.25) is 0 Å². The zero-order valence-corrected chi connectivity index (χ0v) is 13.2. The van der Waals surface area contributed by atoms with E-state index in [0.717, 1.165) is 58.9 Å². The summed E-state index contributed by atoms with van der Waals surface area (Å²) in [5, 5.41) is 0. The van der Waals surface area contributed by atoms with Crippen LogP contribution < -0.4 is 0 Å². The van der Waals surface area contributed by atoms with Crippen LogP contribution in [0.5, 0.6) is 0 Å². The highest BCUT2D eigenvalue weighted by Crippen LogP contribution is 1.97. The van der Waals surface area contributed by atoms with Crippen LogP contribution in [0.4, 0.5) is 0 Å². The number of unbranched alkanes of at least 4 members (excludes halogenated alkanes) is 3. The first-order valence-electron chi connectivity index (χ1n) is 8.02. The maximum absolute atomic E-state index is 5.63. The predicted octanol–water partition coefficient (Wildman–Crippen LogP) is 3.54. The second-order valence-electron chi connectivity index (χ2n) is 4.98. The lowest BCUT2D eigenvalue weighted by atomic mass is 10.3. The fourth-order valence-corrected chi connectivity index (χ4v) is 1.76. The number of ether oxygens (including phenoxy) is 2. The summed E-state index contributed by atoms with van der Waals surface area (Å²) in [6, 6.07) is 0. The minimum Gasteiger partial charge on any atom is -0.380 e. The van der Waals surface area contributed by atoms with Gasteiger partial charge >= 0.3 is 0 Å². The Kier molecular flexibility index (Phi) is 15.8. The third kappa shape index (κ3) is 14.1.